The molecule has 1 atom stereocenters. The Kier molecular flexibility index (Phi) is 2.80. The molecule has 1 aromatic carbocycles. The number of hydrogen-bond donors (Lipinski definition) is 1. The van der Waals surface area contributed by atoms with Gasteiger partial charge in [-0.2, -0.15) is 0 Å². The van der Waals surface area contributed by atoms with Gasteiger partial charge in [0.25, 0.3) is 0 Å². The van der Waals surface area contributed by atoms with Crippen LogP contribution in [0, 0.1) is 0 Å². The summed E-state index contributed by atoms with van der Waals surface area (Å²) in [5, 5.41) is 0. The highest BCUT2D eigenvalue weighted by Gasteiger charge is 2.10. The zero-order valence-electron chi connectivity index (χ0n) is 8.87. The molecule has 0 aliphatic heterocycles. The van der Waals surface area contributed by atoms with Gasteiger partial charge in [-0.3, -0.25) is 0 Å². The van der Waals surface area contributed by atoms with E-state index in [4.69, 9.17) is 5.73 Å². The molecule has 1 unspecified atom stereocenters. The lowest BCUT2D eigenvalue weighted by atomic mass is 10.0. The average Bonchev–Trinajstić information content (AvgIpc) is 2.59. The van der Waals surface area contributed by atoms with E-state index in [1.807, 2.05) is 17.9 Å². The van der Waals surface area contributed by atoms with Crippen LogP contribution in [0.25, 0.3) is 11.0 Å². The molecule has 15 heavy (non-hydrogen) atoms. The number of nitrogens with zero attached hydrogens (tertiary/aromatic N) is 2. The van der Waals surface area contributed by atoms with Crippen molar-refractivity contribution in [1.82, 2.24) is 9.55 Å². The van der Waals surface area contributed by atoms with E-state index in [9.17, 15) is 0 Å². The number of nitrogens with two attached hydrogens (primary N) is 1. The van der Waals surface area contributed by atoms with Gasteiger partial charge in [-0.1, -0.05) is 6.92 Å². The first-order valence-corrected chi connectivity index (χ1v) is 5.73. The molecule has 2 aromatic rings. The maximum absolute atomic E-state index is 5.66. The molecule has 80 valence electrons. The molecule has 0 spiro atoms. The van der Waals surface area contributed by atoms with Crippen LogP contribution in [0.3, 0.4) is 0 Å². The Morgan fingerprint density at radius 3 is 2.93 bits per heavy atom. The largest absolute Gasteiger partial charge is 0.333 e. The molecule has 0 fully saturated rings. The minimum Gasteiger partial charge on any atom is -0.333 e. The molecule has 4 heteroatoms. The quantitative estimate of drug-likeness (QED) is 0.908. The first-order valence-electron chi connectivity index (χ1n) is 4.94. The van der Waals surface area contributed by atoms with Crippen molar-refractivity contribution in [2.75, 3.05) is 6.54 Å². The Morgan fingerprint density at radius 2 is 2.27 bits per heavy atom. The van der Waals surface area contributed by atoms with Gasteiger partial charge in [0.1, 0.15) is 0 Å². The Balaban J connectivity index is 2.63. The molecule has 1 heterocycles. The molecule has 3 nitrogen and oxygen atoms in total. The van der Waals surface area contributed by atoms with Crippen molar-refractivity contribution in [3.05, 3.63) is 28.5 Å². The summed E-state index contributed by atoms with van der Waals surface area (Å²) in [6, 6.07) is 4.24. The lowest BCUT2D eigenvalue weighted by Crippen LogP contribution is -2.08. The third-order valence-corrected chi connectivity index (χ3v) is 3.32. The van der Waals surface area contributed by atoms with Crippen LogP contribution in [-0.2, 0) is 7.05 Å². The third-order valence-electron chi connectivity index (χ3n) is 2.71. The first-order chi connectivity index (χ1) is 7.13. The molecular formula is C11H14BrN3. The smallest absolute Gasteiger partial charge is 0.0955 e. The van der Waals surface area contributed by atoms with Crippen LogP contribution in [0.4, 0.5) is 0 Å². The summed E-state index contributed by atoms with van der Waals surface area (Å²) in [5.41, 5.74) is 9.04. The molecule has 0 bridgehead atoms. The summed E-state index contributed by atoms with van der Waals surface area (Å²) in [6.45, 7) is 2.78. The van der Waals surface area contributed by atoms with E-state index in [2.05, 4.69) is 40.0 Å². The maximum atomic E-state index is 5.66. The van der Waals surface area contributed by atoms with Gasteiger partial charge in [0.2, 0.25) is 0 Å². The molecule has 0 radical (unpaired) electrons. The van der Waals surface area contributed by atoms with Gasteiger partial charge in [-0.25, -0.2) is 4.98 Å². The molecule has 0 aliphatic rings. The van der Waals surface area contributed by atoms with Crippen LogP contribution in [0.5, 0.6) is 0 Å². The minimum absolute atomic E-state index is 0.368. The van der Waals surface area contributed by atoms with Crippen LogP contribution in [0.2, 0.25) is 0 Å². The van der Waals surface area contributed by atoms with E-state index in [0.29, 0.717) is 12.5 Å². The fraction of sp³-hybridized carbons (Fsp3) is 0.364. The number of aromatic nitrogens is 2. The summed E-state index contributed by atoms with van der Waals surface area (Å²) in [6.07, 6.45) is 1.83. The molecule has 0 amide bonds. The molecule has 2 N–H and O–H groups in total. The molecule has 1 aromatic heterocycles. The lowest BCUT2D eigenvalue weighted by molar-refractivity contribution is 0.774. The predicted molar refractivity (Wildman–Crippen MR) is 65.9 cm³/mol. The Hall–Kier alpha value is -0.870. The van der Waals surface area contributed by atoms with Crippen LogP contribution in [-0.4, -0.2) is 16.1 Å². The second-order valence-electron chi connectivity index (χ2n) is 3.86. The number of imidazole rings is 1. The predicted octanol–water partition coefficient (Wildman–Crippen LogP) is 2.40. The van der Waals surface area contributed by atoms with Crippen molar-refractivity contribution in [1.29, 1.82) is 0 Å². The van der Waals surface area contributed by atoms with Crippen LogP contribution < -0.4 is 5.73 Å². The van der Waals surface area contributed by atoms with Gasteiger partial charge in [0, 0.05) is 11.5 Å². The zero-order chi connectivity index (χ0) is 11.0. The monoisotopic (exact) mass is 267 g/mol. The van der Waals surface area contributed by atoms with Gasteiger partial charge in [0.05, 0.1) is 17.4 Å². The van der Waals surface area contributed by atoms with Crippen molar-refractivity contribution in [2.24, 2.45) is 12.8 Å². The van der Waals surface area contributed by atoms with E-state index in [1.54, 1.807) is 0 Å². The number of halogens is 1. The van der Waals surface area contributed by atoms with Crippen LogP contribution >= 0.6 is 15.9 Å². The zero-order valence-corrected chi connectivity index (χ0v) is 10.5. The van der Waals surface area contributed by atoms with Crippen molar-refractivity contribution in [3.8, 4) is 0 Å². The van der Waals surface area contributed by atoms with E-state index >= 15 is 0 Å². The number of rotatable bonds is 2. The van der Waals surface area contributed by atoms with E-state index < -0.39 is 0 Å². The first kappa shape index (κ1) is 10.6. The fourth-order valence-corrected chi connectivity index (χ4v) is 2.43. The number of benzene rings is 1. The van der Waals surface area contributed by atoms with Gasteiger partial charge >= 0.3 is 0 Å². The summed E-state index contributed by atoms with van der Waals surface area (Å²) < 4.78 is 3.09. The minimum atomic E-state index is 0.368. The SMILES string of the molecule is CC(CN)c1cc(Br)c2c(c1)ncn2C. The number of fused-ring (bicyclic) bond motifs is 1. The Labute approximate surface area is 97.4 Å². The van der Waals surface area contributed by atoms with E-state index in [1.165, 1.54) is 5.56 Å². The van der Waals surface area contributed by atoms with E-state index in [-0.39, 0.29) is 0 Å². The number of aryl methyl sites for hydroxylation is 1. The van der Waals surface area contributed by atoms with Crippen molar-refractivity contribution < 1.29 is 0 Å². The van der Waals surface area contributed by atoms with Crippen molar-refractivity contribution >= 4 is 27.0 Å². The molecule has 2 rings (SSSR count). The van der Waals surface area contributed by atoms with Gasteiger partial charge in [-0.05, 0) is 46.1 Å². The molecule has 0 saturated heterocycles. The second-order valence-corrected chi connectivity index (χ2v) is 4.72. The van der Waals surface area contributed by atoms with Crippen LogP contribution in [0.1, 0.15) is 18.4 Å². The molecule has 0 saturated carbocycles. The molecule has 0 aliphatic carbocycles. The lowest BCUT2D eigenvalue weighted by Gasteiger charge is -2.10. The standard InChI is InChI=1S/C11H14BrN3/c1-7(5-13)8-3-9(12)11-10(4-8)14-6-15(11)2/h3-4,6-7H,5,13H2,1-2H3. The Bertz CT molecular complexity index is 490. The Morgan fingerprint density at radius 1 is 1.53 bits per heavy atom. The number of hydrogen-bond acceptors (Lipinski definition) is 2. The van der Waals surface area contributed by atoms with Crippen LogP contribution in [0.15, 0.2) is 22.9 Å². The summed E-state index contributed by atoms with van der Waals surface area (Å²) in [4.78, 5) is 4.35. The molecular weight excluding hydrogens is 254 g/mol. The topological polar surface area (TPSA) is 43.8 Å². The third kappa shape index (κ3) is 1.79. The van der Waals surface area contributed by atoms with Gasteiger partial charge in [0.15, 0.2) is 0 Å². The summed E-state index contributed by atoms with van der Waals surface area (Å²) in [7, 11) is 1.99. The highest BCUT2D eigenvalue weighted by atomic mass is 79.9. The van der Waals surface area contributed by atoms with Crippen molar-refractivity contribution in [2.45, 2.75) is 12.8 Å². The average molecular weight is 268 g/mol. The second kappa shape index (κ2) is 3.94. The van der Waals surface area contributed by atoms with Crippen molar-refractivity contribution in [3.63, 3.8) is 0 Å². The van der Waals surface area contributed by atoms with E-state index in [0.717, 1.165) is 15.5 Å². The summed E-state index contributed by atoms with van der Waals surface area (Å²) in [5.74, 6) is 0.368. The summed E-state index contributed by atoms with van der Waals surface area (Å²) >= 11 is 3.57. The van der Waals surface area contributed by atoms with Gasteiger partial charge < -0.3 is 10.3 Å². The normalized spacial score (nSPS) is 13.3. The highest BCUT2D eigenvalue weighted by molar-refractivity contribution is 9.10. The maximum Gasteiger partial charge on any atom is 0.0955 e. The van der Waals surface area contributed by atoms with Gasteiger partial charge in [-0.15, -0.1) is 0 Å². The fourth-order valence-electron chi connectivity index (χ4n) is 1.68. The highest BCUT2D eigenvalue weighted by Crippen LogP contribution is 2.27.